The molecule has 0 saturated heterocycles. The fourth-order valence-electron chi connectivity index (χ4n) is 6.06. The molecule has 6 aromatic rings. The van der Waals surface area contributed by atoms with Crippen molar-refractivity contribution in [3.8, 4) is 0 Å². The number of aromatic nitrogens is 5. The first-order chi connectivity index (χ1) is 30.9. The van der Waals surface area contributed by atoms with Crippen LogP contribution in [0.3, 0.4) is 0 Å². The molecule has 0 aliphatic heterocycles. The fourth-order valence-corrected chi connectivity index (χ4v) is 6.06. The summed E-state index contributed by atoms with van der Waals surface area (Å²) in [6.07, 6.45) is 4.90. The highest BCUT2D eigenvalue weighted by Crippen LogP contribution is 2.19. The molecule has 4 N–H and O–H groups in total. The molecule has 0 spiro atoms. The van der Waals surface area contributed by atoms with Crippen LogP contribution in [0.2, 0.25) is 0 Å². The van der Waals surface area contributed by atoms with Crippen molar-refractivity contribution in [2.75, 3.05) is 0 Å². The van der Waals surface area contributed by atoms with Crippen LogP contribution in [-0.2, 0) is 14.1 Å². The zero-order chi connectivity index (χ0) is 49.0. The molecule has 0 radical (unpaired) electrons. The Kier molecular flexibility index (Phi) is 16.7. The lowest BCUT2D eigenvalue weighted by Crippen LogP contribution is -2.56. The SMILES string of the molecule is CC(C)(C)N(NC(=O)c1ccccc1)C(=O)c1cn[nH]n1.Cc1cccc(C(=O)N(NC(=O)c2cccn2C)C(C)(C)C)c1.Cn1cccc1C(=O)N(NC(=O)c1ccccc1)C(C)(C)C. The fraction of sp³-hybridized carbons (Fsp3) is 0.306. The van der Waals surface area contributed by atoms with Gasteiger partial charge in [0.05, 0.1) is 22.8 Å². The Morgan fingerprint density at radius 1 is 0.500 bits per heavy atom. The molecule has 0 atom stereocenters. The molecule has 3 heterocycles. The van der Waals surface area contributed by atoms with Gasteiger partial charge in [-0.3, -0.25) is 45.0 Å². The molecule has 6 rings (SSSR count). The molecule has 66 heavy (non-hydrogen) atoms. The van der Waals surface area contributed by atoms with Gasteiger partial charge in [0.1, 0.15) is 11.4 Å². The van der Waals surface area contributed by atoms with E-state index < -0.39 is 22.5 Å². The third-order valence-corrected chi connectivity index (χ3v) is 9.57. The van der Waals surface area contributed by atoms with E-state index in [4.69, 9.17) is 0 Å². The molecule has 0 fully saturated rings. The molecule has 17 nitrogen and oxygen atoms in total. The number of hydrazine groups is 3. The van der Waals surface area contributed by atoms with E-state index >= 15 is 0 Å². The summed E-state index contributed by atoms with van der Waals surface area (Å²) in [5.74, 6) is -1.89. The van der Waals surface area contributed by atoms with E-state index in [-0.39, 0.29) is 35.2 Å². The summed E-state index contributed by atoms with van der Waals surface area (Å²) < 4.78 is 3.45. The first-order valence-corrected chi connectivity index (χ1v) is 21.1. The molecule has 0 saturated carbocycles. The minimum atomic E-state index is -0.611. The smallest absolute Gasteiger partial charge is 0.294 e. The number of amides is 6. The van der Waals surface area contributed by atoms with Crippen molar-refractivity contribution in [3.63, 3.8) is 0 Å². The second-order valence-electron chi connectivity index (χ2n) is 18.2. The minimum Gasteiger partial charge on any atom is -0.347 e. The first-order valence-electron chi connectivity index (χ1n) is 21.1. The van der Waals surface area contributed by atoms with Gasteiger partial charge in [-0.15, -0.1) is 0 Å². The number of hydrogen-bond acceptors (Lipinski definition) is 8. The Labute approximate surface area is 386 Å². The van der Waals surface area contributed by atoms with Crippen molar-refractivity contribution in [2.45, 2.75) is 85.9 Å². The Morgan fingerprint density at radius 3 is 1.33 bits per heavy atom. The average Bonchev–Trinajstić information content (AvgIpc) is 4.06. The molecule has 0 bridgehead atoms. The van der Waals surface area contributed by atoms with Crippen LogP contribution in [0.5, 0.6) is 0 Å². The van der Waals surface area contributed by atoms with Gasteiger partial charge in [-0.1, -0.05) is 54.1 Å². The lowest BCUT2D eigenvalue weighted by Gasteiger charge is -2.35. The third kappa shape index (κ3) is 13.8. The van der Waals surface area contributed by atoms with E-state index in [2.05, 4.69) is 31.7 Å². The molecular weight excluding hydrogens is 839 g/mol. The molecule has 17 heteroatoms. The monoisotopic (exact) mass is 899 g/mol. The summed E-state index contributed by atoms with van der Waals surface area (Å²) in [5, 5.41) is 13.8. The molecule has 348 valence electrons. The average molecular weight is 900 g/mol. The quantitative estimate of drug-likeness (QED) is 0.129. The van der Waals surface area contributed by atoms with Crippen molar-refractivity contribution < 1.29 is 28.8 Å². The predicted molar refractivity (Wildman–Crippen MR) is 251 cm³/mol. The van der Waals surface area contributed by atoms with Gasteiger partial charge in [0.2, 0.25) is 0 Å². The van der Waals surface area contributed by atoms with Gasteiger partial charge in [-0.05, 0) is 130 Å². The highest BCUT2D eigenvalue weighted by molar-refractivity contribution is 6.00. The number of aryl methyl sites for hydroxylation is 3. The van der Waals surface area contributed by atoms with E-state index in [1.807, 2.05) is 99.6 Å². The number of nitrogens with zero attached hydrogens (tertiary/aromatic N) is 7. The van der Waals surface area contributed by atoms with Crippen LogP contribution in [0, 0.1) is 6.92 Å². The molecule has 6 amide bonds. The maximum Gasteiger partial charge on any atom is 0.294 e. The van der Waals surface area contributed by atoms with Crippen LogP contribution >= 0.6 is 0 Å². The normalized spacial score (nSPS) is 11.1. The Balaban J connectivity index is 0.000000217. The molecule has 0 aliphatic rings. The largest absolute Gasteiger partial charge is 0.347 e. The Hall–Kier alpha value is -7.82. The minimum absolute atomic E-state index is 0.137. The van der Waals surface area contributed by atoms with Gasteiger partial charge in [0.15, 0.2) is 5.69 Å². The summed E-state index contributed by atoms with van der Waals surface area (Å²) in [6, 6.07) is 31.9. The van der Waals surface area contributed by atoms with E-state index in [9.17, 15) is 28.8 Å². The van der Waals surface area contributed by atoms with Gasteiger partial charge in [0.25, 0.3) is 35.4 Å². The number of H-pyrrole nitrogens is 1. The lowest BCUT2D eigenvalue weighted by atomic mass is 10.1. The molecule has 3 aromatic carbocycles. The second-order valence-corrected chi connectivity index (χ2v) is 18.2. The van der Waals surface area contributed by atoms with Gasteiger partial charge >= 0.3 is 0 Å². The van der Waals surface area contributed by atoms with Crippen LogP contribution in [0.25, 0.3) is 0 Å². The van der Waals surface area contributed by atoms with Gasteiger partial charge < -0.3 is 9.13 Å². The van der Waals surface area contributed by atoms with Crippen LogP contribution in [0.4, 0.5) is 0 Å². The summed E-state index contributed by atoms with van der Waals surface area (Å²) in [7, 11) is 3.59. The van der Waals surface area contributed by atoms with Gasteiger partial charge in [-0.2, -0.15) is 15.4 Å². The number of rotatable bonds is 6. The second kappa shape index (κ2) is 21.7. The molecule has 0 aliphatic carbocycles. The van der Waals surface area contributed by atoms with Crippen molar-refractivity contribution in [1.82, 2.24) is 55.8 Å². The summed E-state index contributed by atoms with van der Waals surface area (Å²) in [6.45, 7) is 18.6. The summed E-state index contributed by atoms with van der Waals surface area (Å²) in [5.41, 5.74) is 10.1. The topological polar surface area (TPSA) is 200 Å². The number of hydrogen-bond donors (Lipinski definition) is 4. The molecule has 0 unspecified atom stereocenters. The van der Waals surface area contributed by atoms with Crippen LogP contribution in [-0.4, -0.2) is 91.6 Å². The number of nitrogens with one attached hydrogen (secondary N) is 4. The zero-order valence-electron chi connectivity index (χ0n) is 39.7. The van der Waals surface area contributed by atoms with E-state index in [0.717, 1.165) is 5.56 Å². The highest BCUT2D eigenvalue weighted by atomic mass is 16.2. The molecular formula is C49H61N11O6. The number of carbonyl (C=O) groups is 6. The Morgan fingerprint density at radius 2 is 0.924 bits per heavy atom. The van der Waals surface area contributed by atoms with Gasteiger partial charge in [-0.25, -0.2) is 15.0 Å². The van der Waals surface area contributed by atoms with Crippen LogP contribution < -0.4 is 16.3 Å². The first kappa shape index (κ1) is 50.8. The van der Waals surface area contributed by atoms with Crippen molar-refractivity contribution in [2.24, 2.45) is 14.1 Å². The maximum absolute atomic E-state index is 12.8. The number of carbonyl (C=O) groups excluding carboxylic acids is 6. The molecule has 3 aromatic heterocycles. The highest BCUT2D eigenvalue weighted by Gasteiger charge is 2.33. The summed E-state index contributed by atoms with van der Waals surface area (Å²) in [4.78, 5) is 75.0. The standard InChI is InChI=1S/C18H23N3O2.C17H21N3O2.C14H17N5O2/c1-13-8-6-9-14(12-13)17(23)21(18(2,3)4)19-16(22)15-10-7-11-20(15)5;1-17(2,3)20(16(22)14-11-8-12-19(14)4)18-15(21)13-9-6-5-7-10-13;1-14(2,3)19(13(21)11-9-15-18-16-11)17-12(20)10-7-5-4-6-8-10/h6-12H,1-5H3,(H,19,22);5-12H,1-4H3,(H,18,21);4-9H,1-3H3,(H,17,20)(H,15,16,18). The lowest BCUT2D eigenvalue weighted by molar-refractivity contribution is 0.0350. The van der Waals surface area contributed by atoms with E-state index in [0.29, 0.717) is 28.1 Å². The summed E-state index contributed by atoms with van der Waals surface area (Å²) >= 11 is 0. The Bertz CT molecular complexity index is 2580. The van der Waals surface area contributed by atoms with Crippen molar-refractivity contribution in [3.05, 3.63) is 167 Å². The van der Waals surface area contributed by atoms with Gasteiger partial charge in [0, 0.05) is 43.2 Å². The van der Waals surface area contributed by atoms with E-state index in [1.54, 1.807) is 114 Å². The van der Waals surface area contributed by atoms with Crippen molar-refractivity contribution in [1.29, 1.82) is 0 Å². The van der Waals surface area contributed by atoms with Crippen molar-refractivity contribution >= 4 is 35.4 Å². The zero-order valence-corrected chi connectivity index (χ0v) is 39.7. The number of benzene rings is 3. The van der Waals surface area contributed by atoms with E-state index in [1.165, 1.54) is 21.2 Å². The van der Waals surface area contributed by atoms with Crippen LogP contribution in [0.1, 0.15) is 130 Å². The third-order valence-electron chi connectivity index (χ3n) is 9.57. The maximum atomic E-state index is 12.8. The van der Waals surface area contributed by atoms with Crippen LogP contribution in [0.15, 0.2) is 128 Å². The predicted octanol–water partition coefficient (Wildman–Crippen LogP) is 6.92. The number of aromatic amines is 1.